The molecule has 0 fully saturated rings. The number of rotatable bonds is 3. The van der Waals surface area contributed by atoms with Crippen LogP contribution in [-0.2, 0) is 0 Å². The second kappa shape index (κ2) is 5.75. The zero-order valence-electron chi connectivity index (χ0n) is 9.75. The van der Waals surface area contributed by atoms with Crippen molar-refractivity contribution in [3.63, 3.8) is 0 Å². The van der Waals surface area contributed by atoms with Gasteiger partial charge in [0.25, 0.3) is 0 Å². The van der Waals surface area contributed by atoms with Crippen molar-refractivity contribution in [2.24, 2.45) is 0 Å². The number of pyridine rings is 2. The van der Waals surface area contributed by atoms with Gasteiger partial charge in [0.15, 0.2) is 0 Å². The van der Waals surface area contributed by atoms with Crippen molar-refractivity contribution in [2.75, 3.05) is 0 Å². The predicted octanol–water partition coefficient (Wildman–Crippen LogP) is 3.51. The highest BCUT2D eigenvalue weighted by Gasteiger charge is 1.87. The van der Waals surface area contributed by atoms with Gasteiger partial charge in [-0.2, -0.15) is 0 Å². The van der Waals surface area contributed by atoms with Crippen LogP contribution in [0.15, 0.2) is 54.9 Å². The Hall–Kier alpha value is -2.22. The molecule has 2 heterocycles. The molecule has 0 saturated carbocycles. The molecular weight excluding hydrogens is 208 g/mol. The summed E-state index contributed by atoms with van der Waals surface area (Å²) in [5.41, 5.74) is 3.15. The number of allylic oxidation sites excluding steroid dienone is 2. The second-order valence-corrected chi connectivity index (χ2v) is 3.70. The lowest BCUT2D eigenvalue weighted by atomic mass is 10.2. The highest BCUT2D eigenvalue weighted by atomic mass is 14.7. The van der Waals surface area contributed by atoms with Crippen molar-refractivity contribution in [2.45, 2.75) is 6.92 Å². The maximum Gasteiger partial charge on any atom is 0.0629 e. The molecule has 0 spiro atoms. The maximum absolute atomic E-state index is 4.21. The van der Waals surface area contributed by atoms with Gasteiger partial charge in [-0.3, -0.25) is 9.97 Å². The largest absolute Gasteiger partial charge is 0.262 e. The first kappa shape index (κ1) is 11.3. The number of nitrogens with zero attached hydrogens (tertiary/aromatic N) is 2. The summed E-state index contributed by atoms with van der Waals surface area (Å²) < 4.78 is 0. The molecule has 84 valence electrons. The van der Waals surface area contributed by atoms with E-state index < -0.39 is 0 Å². The van der Waals surface area contributed by atoms with Crippen LogP contribution in [0.2, 0.25) is 0 Å². The summed E-state index contributed by atoms with van der Waals surface area (Å²) in [5, 5.41) is 0. The van der Waals surface area contributed by atoms with Gasteiger partial charge in [0, 0.05) is 18.1 Å². The molecule has 0 unspecified atom stereocenters. The van der Waals surface area contributed by atoms with Crippen LogP contribution in [0, 0.1) is 6.92 Å². The summed E-state index contributed by atoms with van der Waals surface area (Å²) in [6.45, 7) is 1.99. The average Bonchev–Trinajstić information content (AvgIpc) is 2.36. The van der Waals surface area contributed by atoms with Crippen molar-refractivity contribution >= 4 is 12.2 Å². The molecule has 0 aromatic carbocycles. The van der Waals surface area contributed by atoms with Crippen LogP contribution in [0.25, 0.3) is 12.2 Å². The van der Waals surface area contributed by atoms with Crippen LogP contribution in [0.1, 0.15) is 17.0 Å². The van der Waals surface area contributed by atoms with Gasteiger partial charge >= 0.3 is 0 Å². The second-order valence-electron chi connectivity index (χ2n) is 3.70. The first-order chi connectivity index (χ1) is 8.34. The molecule has 2 rings (SSSR count). The fraction of sp³-hybridized carbons (Fsp3) is 0.0667. The molecular formula is C15H14N2. The average molecular weight is 222 g/mol. The van der Waals surface area contributed by atoms with E-state index in [-0.39, 0.29) is 0 Å². The quantitative estimate of drug-likeness (QED) is 0.743. The number of aryl methyl sites for hydroxylation is 1. The summed E-state index contributed by atoms with van der Waals surface area (Å²) in [5.74, 6) is 0. The summed E-state index contributed by atoms with van der Waals surface area (Å²) in [6.07, 6.45) is 11.6. The number of aromatic nitrogens is 2. The fourth-order valence-corrected chi connectivity index (χ4v) is 1.47. The van der Waals surface area contributed by atoms with Gasteiger partial charge in [-0.1, -0.05) is 24.3 Å². The third-order valence-electron chi connectivity index (χ3n) is 2.28. The van der Waals surface area contributed by atoms with Crippen molar-refractivity contribution < 1.29 is 0 Å². The van der Waals surface area contributed by atoms with E-state index in [2.05, 4.69) is 9.97 Å². The number of hydrogen-bond donors (Lipinski definition) is 0. The van der Waals surface area contributed by atoms with Gasteiger partial charge in [-0.15, -0.1) is 0 Å². The normalized spacial score (nSPS) is 11.4. The summed E-state index contributed by atoms with van der Waals surface area (Å²) in [7, 11) is 0. The van der Waals surface area contributed by atoms with Crippen LogP contribution < -0.4 is 0 Å². The van der Waals surface area contributed by atoms with Crippen molar-refractivity contribution in [3.8, 4) is 0 Å². The van der Waals surface area contributed by atoms with E-state index in [4.69, 9.17) is 0 Å². The van der Waals surface area contributed by atoms with E-state index >= 15 is 0 Å². The molecule has 2 heteroatoms. The highest BCUT2D eigenvalue weighted by Crippen LogP contribution is 2.04. The molecule has 17 heavy (non-hydrogen) atoms. The molecule has 2 nitrogen and oxygen atoms in total. The zero-order chi connectivity index (χ0) is 11.9. The molecule has 0 amide bonds. The molecule has 0 aliphatic heterocycles. The molecule has 0 bridgehead atoms. The van der Waals surface area contributed by atoms with Gasteiger partial charge in [0.2, 0.25) is 0 Å². The smallest absolute Gasteiger partial charge is 0.0629 e. The van der Waals surface area contributed by atoms with E-state index in [1.54, 1.807) is 6.20 Å². The maximum atomic E-state index is 4.21. The molecule has 0 aliphatic rings. The van der Waals surface area contributed by atoms with E-state index in [9.17, 15) is 0 Å². The zero-order valence-corrected chi connectivity index (χ0v) is 9.75. The van der Waals surface area contributed by atoms with Crippen molar-refractivity contribution in [1.29, 1.82) is 0 Å². The molecule has 2 aromatic rings. The van der Waals surface area contributed by atoms with Crippen molar-refractivity contribution in [1.82, 2.24) is 9.97 Å². The van der Waals surface area contributed by atoms with Crippen molar-refractivity contribution in [3.05, 3.63) is 71.8 Å². The minimum absolute atomic E-state index is 0.961. The van der Waals surface area contributed by atoms with Gasteiger partial charge in [-0.05, 0) is 42.8 Å². The Labute approximate surface area is 101 Å². The van der Waals surface area contributed by atoms with E-state index in [0.29, 0.717) is 0 Å². The van der Waals surface area contributed by atoms with E-state index in [1.165, 1.54) is 0 Å². The highest BCUT2D eigenvalue weighted by molar-refractivity contribution is 5.55. The van der Waals surface area contributed by atoms with Crippen LogP contribution in [0.5, 0.6) is 0 Å². The third kappa shape index (κ3) is 3.68. The molecule has 0 aliphatic carbocycles. The first-order valence-corrected chi connectivity index (χ1v) is 5.53. The molecule has 2 aromatic heterocycles. The van der Waals surface area contributed by atoms with Gasteiger partial charge in [0.1, 0.15) is 0 Å². The minimum Gasteiger partial charge on any atom is -0.262 e. The Morgan fingerprint density at radius 2 is 1.82 bits per heavy atom. The summed E-state index contributed by atoms with van der Waals surface area (Å²) in [6, 6.07) is 9.89. The lowest BCUT2D eigenvalue weighted by Crippen LogP contribution is -1.79. The fourth-order valence-electron chi connectivity index (χ4n) is 1.47. The molecule has 0 saturated heterocycles. The van der Waals surface area contributed by atoms with Gasteiger partial charge < -0.3 is 0 Å². The summed E-state index contributed by atoms with van der Waals surface area (Å²) >= 11 is 0. The van der Waals surface area contributed by atoms with Gasteiger partial charge in [0.05, 0.1) is 5.69 Å². The van der Waals surface area contributed by atoms with Gasteiger partial charge in [-0.25, -0.2) is 0 Å². The van der Waals surface area contributed by atoms with Crippen LogP contribution in [0.4, 0.5) is 0 Å². The standard InChI is InChI=1S/C15H14N2/c1-13-12-14(9-11-16-13)6-2-3-7-15-8-4-5-10-17-15/h2-12H,1H3. The SMILES string of the molecule is Cc1cc(C=CC=Cc2ccccn2)ccn1. The summed E-state index contributed by atoms with van der Waals surface area (Å²) in [4.78, 5) is 8.36. The Balaban J connectivity index is 2.01. The first-order valence-electron chi connectivity index (χ1n) is 5.53. The minimum atomic E-state index is 0.961. The monoisotopic (exact) mass is 222 g/mol. The van der Waals surface area contributed by atoms with Crippen LogP contribution >= 0.6 is 0 Å². The Bertz CT molecular complexity index is 528. The lowest BCUT2D eigenvalue weighted by Gasteiger charge is -1.93. The molecule has 0 radical (unpaired) electrons. The topological polar surface area (TPSA) is 25.8 Å². The van der Waals surface area contributed by atoms with E-state index in [1.807, 2.05) is 67.8 Å². The Kier molecular flexibility index (Phi) is 3.81. The van der Waals surface area contributed by atoms with E-state index in [0.717, 1.165) is 17.0 Å². The lowest BCUT2D eigenvalue weighted by molar-refractivity contribution is 1.20. The predicted molar refractivity (Wildman–Crippen MR) is 71.3 cm³/mol. The van der Waals surface area contributed by atoms with Crippen LogP contribution in [0.3, 0.4) is 0 Å². The van der Waals surface area contributed by atoms with Crippen LogP contribution in [-0.4, -0.2) is 9.97 Å². The Morgan fingerprint density at radius 1 is 0.941 bits per heavy atom. The number of hydrogen-bond acceptors (Lipinski definition) is 2. The molecule has 0 atom stereocenters. The third-order valence-corrected chi connectivity index (χ3v) is 2.28. The Morgan fingerprint density at radius 3 is 2.59 bits per heavy atom. The molecule has 0 N–H and O–H groups in total.